The molecule has 7 nitrogen and oxygen atoms in total. The Labute approximate surface area is 174 Å². The lowest BCUT2D eigenvalue weighted by Crippen LogP contribution is -2.22. The second kappa shape index (κ2) is 8.24. The van der Waals surface area contributed by atoms with Gasteiger partial charge in [0, 0.05) is 12.7 Å². The van der Waals surface area contributed by atoms with Gasteiger partial charge in [-0.2, -0.15) is 5.10 Å². The van der Waals surface area contributed by atoms with Crippen molar-refractivity contribution < 1.29 is 19.4 Å². The van der Waals surface area contributed by atoms with Gasteiger partial charge in [-0.15, -0.1) is 0 Å². The van der Waals surface area contributed by atoms with Gasteiger partial charge in [-0.05, 0) is 61.7 Å². The molecule has 7 heteroatoms. The minimum absolute atomic E-state index is 0.158. The fourth-order valence-corrected chi connectivity index (χ4v) is 3.20. The molecule has 154 valence electrons. The highest BCUT2D eigenvalue weighted by Gasteiger charge is 2.23. The highest BCUT2D eigenvalue weighted by atomic mass is 16.5. The summed E-state index contributed by atoms with van der Waals surface area (Å²) in [5, 5.41) is 16.1. The maximum atomic E-state index is 13.0. The minimum atomic E-state index is -1.02. The summed E-state index contributed by atoms with van der Waals surface area (Å²) in [7, 11) is 1.71. The van der Waals surface area contributed by atoms with Crippen LogP contribution in [-0.4, -0.2) is 26.8 Å². The molecule has 0 aliphatic rings. The molecule has 0 radical (unpaired) electrons. The molecule has 2 aromatic carbocycles. The maximum Gasteiger partial charge on any atom is 0.335 e. The Balaban J connectivity index is 1.85. The van der Waals surface area contributed by atoms with E-state index >= 15 is 0 Å². The van der Waals surface area contributed by atoms with Crippen molar-refractivity contribution in [3.05, 3.63) is 82.6 Å². The van der Waals surface area contributed by atoms with Crippen LogP contribution >= 0.6 is 0 Å². The van der Waals surface area contributed by atoms with Gasteiger partial charge in [0.25, 0.3) is 5.91 Å². The summed E-state index contributed by atoms with van der Waals surface area (Å²) in [6.45, 7) is 9.57. The second-order valence-corrected chi connectivity index (χ2v) is 7.13. The van der Waals surface area contributed by atoms with Gasteiger partial charge >= 0.3 is 5.97 Å². The fraction of sp³-hybridized carbons (Fsp3) is 0.174. The lowest BCUT2D eigenvalue weighted by atomic mass is 10.1. The third-order valence-corrected chi connectivity index (χ3v) is 4.55. The number of aromatic carboxylic acids is 1. The number of amides is 1. The summed E-state index contributed by atoms with van der Waals surface area (Å²) in [4.78, 5) is 24.0. The van der Waals surface area contributed by atoms with Crippen molar-refractivity contribution in [1.82, 2.24) is 15.1 Å². The molecule has 0 atom stereocenters. The fourth-order valence-electron chi connectivity index (χ4n) is 3.20. The van der Waals surface area contributed by atoms with E-state index in [9.17, 15) is 9.59 Å². The van der Waals surface area contributed by atoms with Gasteiger partial charge in [-0.1, -0.05) is 24.8 Å². The Bertz CT molecular complexity index is 1120. The normalized spacial score (nSPS) is 10.5. The number of carbonyl (C=O) groups excluding carboxylic acids is 1. The number of nitrogens with zero attached hydrogens (tertiary/aromatic N) is 2. The molecule has 0 bridgehead atoms. The molecule has 1 amide bonds. The van der Waals surface area contributed by atoms with Crippen molar-refractivity contribution in [2.45, 2.75) is 20.8 Å². The topological polar surface area (TPSA) is 93.5 Å². The van der Waals surface area contributed by atoms with Crippen LogP contribution in [0.3, 0.4) is 0 Å². The van der Waals surface area contributed by atoms with Gasteiger partial charge < -0.3 is 15.2 Å². The van der Waals surface area contributed by atoms with Crippen molar-refractivity contribution in [2.24, 2.45) is 7.05 Å². The lowest BCUT2D eigenvalue weighted by Gasteiger charge is -2.12. The molecule has 0 unspecified atom stereocenters. The third-order valence-electron chi connectivity index (χ3n) is 4.55. The molecule has 0 aliphatic carbocycles. The highest BCUT2D eigenvalue weighted by molar-refractivity contribution is 6.02. The van der Waals surface area contributed by atoms with Gasteiger partial charge in [0.15, 0.2) is 0 Å². The summed E-state index contributed by atoms with van der Waals surface area (Å²) in [6.07, 6.45) is 0. The first-order chi connectivity index (χ1) is 14.2. The number of carboxylic acid groups (broad SMARTS) is 1. The predicted molar refractivity (Wildman–Crippen MR) is 114 cm³/mol. The average molecular weight is 405 g/mol. The van der Waals surface area contributed by atoms with Gasteiger partial charge in [-0.25, -0.2) is 9.48 Å². The van der Waals surface area contributed by atoms with E-state index < -0.39 is 11.9 Å². The first kappa shape index (κ1) is 20.9. The Morgan fingerprint density at radius 3 is 2.17 bits per heavy atom. The van der Waals surface area contributed by atoms with E-state index in [0.29, 0.717) is 34.1 Å². The van der Waals surface area contributed by atoms with Crippen molar-refractivity contribution in [2.75, 3.05) is 0 Å². The summed E-state index contributed by atoms with van der Waals surface area (Å²) < 4.78 is 7.54. The number of hydrogen-bond donors (Lipinski definition) is 2. The molecule has 1 heterocycles. The SMILES string of the molecule is C=C(NC(=O)c1c(C)nn(C)c1Oc1cc(C)cc(C)c1)c1ccc(C(=O)O)cc1. The molecule has 3 rings (SSSR count). The number of rotatable bonds is 6. The molecule has 0 saturated heterocycles. The zero-order chi connectivity index (χ0) is 22.0. The van der Waals surface area contributed by atoms with Crippen LogP contribution in [0.5, 0.6) is 11.6 Å². The maximum absolute atomic E-state index is 13.0. The molecular weight excluding hydrogens is 382 g/mol. The lowest BCUT2D eigenvalue weighted by molar-refractivity contribution is 0.0696. The van der Waals surface area contributed by atoms with Crippen LogP contribution in [0.1, 0.15) is 43.1 Å². The highest BCUT2D eigenvalue weighted by Crippen LogP contribution is 2.29. The molecule has 30 heavy (non-hydrogen) atoms. The van der Waals surface area contributed by atoms with Gasteiger partial charge in [0.1, 0.15) is 11.3 Å². The van der Waals surface area contributed by atoms with E-state index in [1.165, 1.54) is 16.8 Å². The molecule has 3 aromatic rings. The Kier molecular flexibility index (Phi) is 5.73. The predicted octanol–water partition coefficient (Wildman–Crippen LogP) is 4.24. The van der Waals surface area contributed by atoms with Crippen LogP contribution in [0.2, 0.25) is 0 Å². The summed E-state index contributed by atoms with van der Waals surface area (Å²) >= 11 is 0. The molecule has 2 N–H and O–H groups in total. The first-order valence-corrected chi connectivity index (χ1v) is 9.29. The first-order valence-electron chi connectivity index (χ1n) is 9.29. The smallest absolute Gasteiger partial charge is 0.335 e. The quantitative estimate of drug-likeness (QED) is 0.640. The van der Waals surface area contributed by atoms with Crippen LogP contribution in [-0.2, 0) is 7.05 Å². The average Bonchev–Trinajstić information content (AvgIpc) is 2.94. The number of benzene rings is 2. The number of aromatic nitrogens is 2. The number of hydrogen-bond acceptors (Lipinski definition) is 4. The molecule has 0 saturated carbocycles. The van der Waals surface area contributed by atoms with E-state index in [-0.39, 0.29) is 5.56 Å². The number of nitrogens with one attached hydrogen (secondary N) is 1. The zero-order valence-corrected chi connectivity index (χ0v) is 17.3. The number of ether oxygens (including phenoxy) is 1. The molecule has 0 spiro atoms. The van der Waals surface area contributed by atoms with Crippen LogP contribution in [0.25, 0.3) is 5.70 Å². The number of carboxylic acids is 1. The molecule has 0 aliphatic heterocycles. The summed E-state index contributed by atoms with van der Waals surface area (Å²) in [5.41, 5.74) is 4.03. The second-order valence-electron chi connectivity index (χ2n) is 7.13. The van der Waals surface area contributed by atoms with Gasteiger partial charge in [0.05, 0.1) is 11.3 Å². The number of carbonyl (C=O) groups is 2. The molecule has 0 fully saturated rings. The van der Waals surface area contributed by atoms with Crippen LogP contribution < -0.4 is 10.1 Å². The van der Waals surface area contributed by atoms with Crippen LogP contribution in [0.4, 0.5) is 0 Å². The Hall–Kier alpha value is -3.87. The van der Waals surface area contributed by atoms with Crippen LogP contribution in [0, 0.1) is 20.8 Å². The van der Waals surface area contributed by atoms with E-state index in [1.807, 2.05) is 32.0 Å². The van der Waals surface area contributed by atoms with E-state index in [1.54, 1.807) is 26.1 Å². The van der Waals surface area contributed by atoms with E-state index in [0.717, 1.165) is 11.1 Å². The monoisotopic (exact) mass is 405 g/mol. The largest absolute Gasteiger partial charge is 0.478 e. The molecular formula is C23H23N3O4. The van der Waals surface area contributed by atoms with E-state index in [4.69, 9.17) is 9.84 Å². The third kappa shape index (κ3) is 4.41. The van der Waals surface area contributed by atoms with Crippen molar-refractivity contribution in [3.8, 4) is 11.6 Å². The number of aryl methyl sites for hydroxylation is 4. The van der Waals surface area contributed by atoms with Gasteiger partial charge in [0.2, 0.25) is 5.88 Å². The Morgan fingerprint density at radius 2 is 1.60 bits per heavy atom. The van der Waals surface area contributed by atoms with Crippen LogP contribution in [0.15, 0.2) is 49.0 Å². The minimum Gasteiger partial charge on any atom is -0.478 e. The molecule has 1 aromatic heterocycles. The van der Waals surface area contributed by atoms with Crippen molar-refractivity contribution >= 4 is 17.6 Å². The summed E-state index contributed by atoms with van der Waals surface area (Å²) in [6, 6.07) is 11.9. The zero-order valence-electron chi connectivity index (χ0n) is 17.3. The Morgan fingerprint density at radius 1 is 1.03 bits per heavy atom. The standard InChI is InChI=1S/C23H23N3O4/c1-13-10-14(2)12-19(11-13)30-22-20(16(4)25-26(22)5)21(27)24-15(3)17-6-8-18(9-7-17)23(28)29/h6-12H,3H2,1-2,4-5H3,(H,24,27)(H,28,29). The van der Waals surface area contributed by atoms with Gasteiger partial charge in [-0.3, -0.25) is 4.79 Å². The van der Waals surface area contributed by atoms with Crippen molar-refractivity contribution in [1.29, 1.82) is 0 Å². The summed E-state index contributed by atoms with van der Waals surface area (Å²) in [5.74, 6) is -0.487. The van der Waals surface area contributed by atoms with E-state index in [2.05, 4.69) is 17.0 Å². The van der Waals surface area contributed by atoms with Crippen molar-refractivity contribution in [3.63, 3.8) is 0 Å².